The topological polar surface area (TPSA) is 114 Å². The van der Waals surface area contributed by atoms with Crippen molar-refractivity contribution in [3.05, 3.63) is 181 Å². The minimum absolute atomic E-state index is 0.0497. The second-order valence-electron chi connectivity index (χ2n) is 14.6. The van der Waals surface area contributed by atoms with Gasteiger partial charge in [-0.05, 0) is 94.8 Å². The van der Waals surface area contributed by atoms with Gasteiger partial charge in [-0.25, -0.2) is 16.8 Å². The van der Waals surface area contributed by atoms with Crippen LogP contribution >= 0.6 is 0 Å². The molecule has 6 rings (SSSR count). The first-order valence-corrected chi connectivity index (χ1v) is 23.2. The predicted octanol–water partition coefficient (Wildman–Crippen LogP) is 10.2. The molecule has 0 saturated carbocycles. The third kappa shape index (κ3) is 14.1. The lowest BCUT2D eigenvalue weighted by molar-refractivity contribution is 0.451. The van der Waals surface area contributed by atoms with Crippen LogP contribution in [-0.2, 0) is 52.9 Å². The van der Waals surface area contributed by atoms with Crippen LogP contribution in [0.4, 0.5) is 0 Å². The monoisotopic (exact) mass is 812 g/mol. The van der Waals surface area contributed by atoms with Crippen molar-refractivity contribution >= 4 is 42.0 Å². The standard InChI is InChI=1S/2C22H23S.CH4O6S2/c2*1-22(2,3)18-14-16-21(17-15-18)23(19-10-6-4-7-11-19)20-12-8-5-9-13-20;2-8(3,4)1-9(5,6)7/h2*4-17H,1-3H3;1H2,(H,2,3,4)(H,5,6,7)/q2*+1;/p-2. The Kier molecular flexibility index (Phi) is 15.2. The Labute approximate surface area is 333 Å². The van der Waals surface area contributed by atoms with Gasteiger partial charge < -0.3 is 9.11 Å². The molecule has 0 unspecified atom stereocenters. The molecule has 6 aromatic carbocycles. The van der Waals surface area contributed by atoms with Gasteiger partial charge in [0.05, 0.1) is 21.8 Å². The van der Waals surface area contributed by atoms with Crippen LogP contribution in [-0.4, -0.2) is 31.0 Å². The Morgan fingerprint density at radius 1 is 0.364 bits per heavy atom. The quantitative estimate of drug-likeness (QED) is 0.112. The Morgan fingerprint density at radius 2 is 0.564 bits per heavy atom. The Morgan fingerprint density at radius 3 is 0.727 bits per heavy atom. The van der Waals surface area contributed by atoms with Crippen molar-refractivity contribution in [1.82, 2.24) is 0 Å². The Balaban J connectivity index is 0.000000201. The van der Waals surface area contributed by atoms with Gasteiger partial charge in [-0.3, -0.25) is 0 Å². The first-order valence-electron chi connectivity index (χ1n) is 17.6. The molecule has 0 aliphatic heterocycles. The molecule has 0 aromatic heterocycles. The normalized spacial score (nSPS) is 12.0. The molecule has 0 radical (unpaired) electrons. The van der Waals surface area contributed by atoms with Gasteiger partial charge in [-0.1, -0.05) is 139 Å². The van der Waals surface area contributed by atoms with Gasteiger partial charge in [0.15, 0.2) is 29.4 Å². The minimum Gasteiger partial charge on any atom is -0.747 e. The molecule has 0 bridgehead atoms. The minimum atomic E-state index is -4.93. The van der Waals surface area contributed by atoms with E-state index in [-0.39, 0.29) is 32.6 Å². The Hall–Kier alpha value is -4.16. The summed E-state index contributed by atoms with van der Waals surface area (Å²) in [5.74, 6) is 0. The van der Waals surface area contributed by atoms with Crippen LogP contribution in [0.3, 0.4) is 0 Å². The van der Waals surface area contributed by atoms with E-state index in [2.05, 4.69) is 211 Å². The molecule has 0 aliphatic rings. The predicted molar refractivity (Wildman–Crippen MR) is 225 cm³/mol. The van der Waals surface area contributed by atoms with Crippen molar-refractivity contribution in [2.75, 3.05) is 5.08 Å². The molecular formula is C45H48O6S4. The lowest BCUT2D eigenvalue weighted by atomic mass is 9.87. The largest absolute Gasteiger partial charge is 0.747 e. The van der Waals surface area contributed by atoms with Crippen LogP contribution < -0.4 is 0 Å². The van der Waals surface area contributed by atoms with Crippen LogP contribution in [0.1, 0.15) is 52.7 Å². The van der Waals surface area contributed by atoms with E-state index in [1.165, 1.54) is 40.5 Å². The SMILES string of the molecule is CC(C)(C)c1ccc([S+](c2ccccc2)c2ccccc2)cc1.CC(C)(C)c1ccc([S+](c2ccccc2)c2ccccc2)cc1.O=S(=O)([O-])CS(=O)(=O)[O-]. The van der Waals surface area contributed by atoms with E-state index in [0.717, 1.165) is 0 Å². The summed E-state index contributed by atoms with van der Waals surface area (Å²) in [4.78, 5) is 8.19. The highest BCUT2D eigenvalue weighted by Gasteiger charge is 2.30. The zero-order chi connectivity index (χ0) is 40.3. The molecule has 0 atom stereocenters. The molecule has 0 spiro atoms. The van der Waals surface area contributed by atoms with E-state index in [4.69, 9.17) is 0 Å². The van der Waals surface area contributed by atoms with E-state index in [1.807, 2.05) is 0 Å². The maximum Gasteiger partial charge on any atom is 0.166 e. The van der Waals surface area contributed by atoms with Gasteiger partial charge in [0, 0.05) is 0 Å². The molecule has 0 heterocycles. The van der Waals surface area contributed by atoms with E-state index < -0.39 is 25.3 Å². The molecule has 6 nitrogen and oxygen atoms in total. The summed E-state index contributed by atoms with van der Waals surface area (Å²) >= 11 is 0. The van der Waals surface area contributed by atoms with Crippen molar-refractivity contribution in [2.45, 2.75) is 81.7 Å². The highest BCUT2D eigenvalue weighted by molar-refractivity contribution is 8.02. The van der Waals surface area contributed by atoms with Crippen molar-refractivity contribution in [3.63, 3.8) is 0 Å². The molecule has 0 N–H and O–H groups in total. The third-order valence-electron chi connectivity index (χ3n) is 8.12. The summed E-state index contributed by atoms with van der Waals surface area (Å²) < 4.78 is 57.1. The lowest BCUT2D eigenvalue weighted by Crippen LogP contribution is -2.14. The fourth-order valence-corrected chi connectivity index (χ4v) is 11.0. The fraction of sp³-hybridized carbons (Fsp3) is 0.200. The van der Waals surface area contributed by atoms with Crippen LogP contribution in [0.25, 0.3) is 0 Å². The smallest absolute Gasteiger partial charge is 0.166 e. The van der Waals surface area contributed by atoms with Crippen molar-refractivity contribution < 1.29 is 25.9 Å². The molecule has 10 heteroatoms. The van der Waals surface area contributed by atoms with Crippen molar-refractivity contribution in [3.8, 4) is 0 Å². The van der Waals surface area contributed by atoms with E-state index in [9.17, 15) is 25.9 Å². The second-order valence-corrected chi connectivity index (χ2v) is 21.9. The highest BCUT2D eigenvalue weighted by atomic mass is 32.3. The number of hydrogen-bond acceptors (Lipinski definition) is 6. The summed E-state index contributed by atoms with van der Waals surface area (Å²) in [5, 5.41) is -1.88. The third-order valence-corrected chi connectivity index (χ3v) is 14.9. The number of hydrogen-bond donors (Lipinski definition) is 0. The van der Waals surface area contributed by atoms with Crippen LogP contribution in [0.2, 0.25) is 0 Å². The number of benzene rings is 6. The zero-order valence-electron chi connectivity index (χ0n) is 32.0. The molecular weight excluding hydrogens is 765 g/mol. The van der Waals surface area contributed by atoms with Gasteiger partial charge in [0.25, 0.3) is 0 Å². The van der Waals surface area contributed by atoms with Crippen LogP contribution in [0.5, 0.6) is 0 Å². The first kappa shape index (κ1) is 43.6. The second kappa shape index (κ2) is 19.1. The van der Waals surface area contributed by atoms with Gasteiger partial charge in [0.2, 0.25) is 0 Å². The maximum atomic E-state index is 9.51. The van der Waals surface area contributed by atoms with Gasteiger partial charge in [0.1, 0.15) is 25.3 Å². The molecule has 0 fully saturated rings. The lowest BCUT2D eigenvalue weighted by Gasteiger charge is -2.19. The fourth-order valence-electron chi connectivity index (χ4n) is 5.40. The highest BCUT2D eigenvalue weighted by Crippen LogP contribution is 2.34. The molecule has 55 heavy (non-hydrogen) atoms. The van der Waals surface area contributed by atoms with Crippen LogP contribution in [0.15, 0.2) is 199 Å². The summed E-state index contributed by atoms with van der Waals surface area (Å²) in [6.45, 7) is 13.6. The average Bonchev–Trinajstić information content (AvgIpc) is 3.13. The van der Waals surface area contributed by atoms with Gasteiger partial charge in [-0.2, -0.15) is 0 Å². The summed E-state index contributed by atoms with van der Waals surface area (Å²) in [7, 11) is -9.96. The summed E-state index contributed by atoms with van der Waals surface area (Å²) in [6.07, 6.45) is 0. The van der Waals surface area contributed by atoms with Crippen LogP contribution in [0, 0.1) is 0 Å². The van der Waals surface area contributed by atoms with Gasteiger partial charge in [-0.15, -0.1) is 0 Å². The van der Waals surface area contributed by atoms with E-state index in [0.29, 0.717) is 0 Å². The van der Waals surface area contributed by atoms with Crippen molar-refractivity contribution in [1.29, 1.82) is 0 Å². The Bertz CT molecular complexity index is 2020. The number of rotatable bonds is 8. The molecule has 0 aliphatic carbocycles. The average molecular weight is 813 g/mol. The summed E-state index contributed by atoms with van der Waals surface area (Å²) in [5.41, 5.74) is 3.14. The molecule has 0 amide bonds. The van der Waals surface area contributed by atoms with E-state index in [1.54, 1.807) is 0 Å². The molecule has 0 saturated heterocycles. The molecule has 6 aromatic rings. The summed E-state index contributed by atoms with van der Waals surface area (Å²) in [6, 6.07) is 61.5. The maximum absolute atomic E-state index is 9.51. The van der Waals surface area contributed by atoms with E-state index >= 15 is 0 Å². The van der Waals surface area contributed by atoms with Gasteiger partial charge >= 0.3 is 0 Å². The molecule has 288 valence electrons. The zero-order valence-corrected chi connectivity index (χ0v) is 35.2. The first-order chi connectivity index (χ1) is 25.8. The van der Waals surface area contributed by atoms with Crippen molar-refractivity contribution in [2.24, 2.45) is 0 Å².